The summed E-state index contributed by atoms with van der Waals surface area (Å²) in [6.07, 6.45) is 1.72. The number of aliphatic hydroxyl groups is 1. The first-order valence-electron chi connectivity index (χ1n) is 4.78. The molecule has 0 aromatic carbocycles. The second-order valence-corrected chi connectivity index (χ2v) is 3.62. The van der Waals surface area contributed by atoms with Gasteiger partial charge in [-0.2, -0.15) is 5.10 Å². The van der Waals surface area contributed by atoms with E-state index in [2.05, 4.69) is 15.2 Å². The Balaban J connectivity index is 2.17. The lowest BCUT2D eigenvalue weighted by Crippen LogP contribution is -2.13. The molecule has 0 amide bonds. The zero-order valence-electron chi connectivity index (χ0n) is 8.60. The van der Waals surface area contributed by atoms with Crippen LogP contribution in [0.25, 0.3) is 0 Å². The number of ether oxygens (including phenoxy) is 1. The summed E-state index contributed by atoms with van der Waals surface area (Å²) in [5.74, 6) is -0.149. The molecule has 5 nitrogen and oxygen atoms in total. The van der Waals surface area contributed by atoms with Crippen molar-refractivity contribution in [3.05, 3.63) is 41.2 Å². The summed E-state index contributed by atoms with van der Waals surface area (Å²) in [5.41, 5.74) is 0.408. The Hall–Kier alpha value is -1.66. The van der Waals surface area contributed by atoms with E-state index < -0.39 is 11.9 Å². The van der Waals surface area contributed by atoms with Crippen molar-refractivity contribution < 1.29 is 14.2 Å². The maximum atomic E-state index is 12.7. The number of hydrogen-bond acceptors (Lipinski definition) is 4. The summed E-state index contributed by atoms with van der Waals surface area (Å²) < 4.78 is 18.1. The largest absolute Gasteiger partial charge is 0.477 e. The van der Waals surface area contributed by atoms with Gasteiger partial charge in [0.15, 0.2) is 17.0 Å². The number of aromatic nitrogens is 3. The predicted octanol–water partition coefficient (Wildman–Crippen LogP) is 1.71. The number of rotatable bonds is 4. The third-order valence-electron chi connectivity index (χ3n) is 2.08. The molecule has 2 rings (SSSR count). The highest BCUT2D eigenvalue weighted by atomic mass is 35.5. The lowest BCUT2D eigenvalue weighted by molar-refractivity contribution is 0.113. The van der Waals surface area contributed by atoms with Gasteiger partial charge in [-0.1, -0.05) is 11.6 Å². The van der Waals surface area contributed by atoms with Crippen molar-refractivity contribution in [3.63, 3.8) is 0 Å². The molecule has 90 valence electrons. The lowest BCUT2D eigenvalue weighted by atomic mass is 10.2. The van der Waals surface area contributed by atoms with Gasteiger partial charge < -0.3 is 9.84 Å². The fraction of sp³-hybridized carbons (Fsp3) is 0.200. The predicted molar refractivity (Wildman–Crippen MR) is 58.2 cm³/mol. The molecule has 2 aromatic rings. The Morgan fingerprint density at radius 3 is 2.82 bits per heavy atom. The Morgan fingerprint density at radius 1 is 1.47 bits per heavy atom. The summed E-state index contributed by atoms with van der Waals surface area (Å²) in [5, 5.41) is 15.6. The maximum Gasteiger partial charge on any atom is 0.177 e. The molecule has 0 saturated heterocycles. The zero-order chi connectivity index (χ0) is 12.3. The van der Waals surface area contributed by atoms with E-state index >= 15 is 0 Å². The summed E-state index contributed by atoms with van der Waals surface area (Å²) in [4.78, 5) is 3.83. The minimum absolute atomic E-state index is 0.227. The van der Waals surface area contributed by atoms with Gasteiger partial charge in [0.2, 0.25) is 0 Å². The van der Waals surface area contributed by atoms with Crippen LogP contribution in [0.15, 0.2) is 24.5 Å². The molecule has 2 aromatic heterocycles. The number of aliphatic hydroxyl groups excluding tert-OH is 1. The Morgan fingerprint density at radius 2 is 2.29 bits per heavy atom. The lowest BCUT2D eigenvalue weighted by Gasteiger charge is -2.14. The topological polar surface area (TPSA) is 71.0 Å². The Kier molecular flexibility index (Phi) is 3.55. The zero-order valence-corrected chi connectivity index (χ0v) is 9.36. The van der Waals surface area contributed by atoms with Crippen molar-refractivity contribution in [2.75, 3.05) is 6.61 Å². The SMILES string of the molecule is OC[C@@H](Oc1cn[nH]c1Cl)c1ccc(F)cn1. The fourth-order valence-electron chi connectivity index (χ4n) is 1.26. The molecule has 0 aliphatic rings. The second-order valence-electron chi connectivity index (χ2n) is 3.24. The van der Waals surface area contributed by atoms with E-state index in [-0.39, 0.29) is 11.8 Å². The van der Waals surface area contributed by atoms with Crippen molar-refractivity contribution in [3.8, 4) is 5.75 Å². The third kappa shape index (κ3) is 2.72. The molecule has 0 aliphatic carbocycles. The first-order valence-corrected chi connectivity index (χ1v) is 5.16. The Labute approximate surface area is 101 Å². The average Bonchev–Trinajstić information content (AvgIpc) is 2.73. The van der Waals surface area contributed by atoms with Gasteiger partial charge in [-0.25, -0.2) is 4.39 Å². The smallest absolute Gasteiger partial charge is 0.177 e. The van der Waals surface area contributed by atoms with Gasteiger partial charge in [0, 0.05) is 0 Å². The normalized spacial score (nSPS) is 12.4. The molecule has 0 bridgehead atoms. The van der Waals surface area contributed by atoms with Crippen molar-refractivity contribution in [1.82, 2.24) is 15.2 Å². The van der Waals surface area contributed by atoms with E-state index in [1.165, 1.54) is 18.3 Å². The molecule has 0 saturated carbocycles. The van der Waals surface area contributed by atoms with Crippen LogP contribution in [0.5, 0.6) is 5.75 Å². The number of pyridine rings is 1. The molecular weight excluding hydrogens is 249 g/mol. The van der Waals surface area contributed by atoms with E-state index in [0.29, 0.717) is 11.4 Å². The maximum absolute atomic E-state index is 12.7. The first kappa shape index (κ1) is 11.8. The van der Waals surface area contributed by atoms with Crippen LogP contribution < -0.4 is 4.74 Å². The van der Waals surface area contributed by atoms with E-state index in [9.17, 15) is 9.50 Å². The molecule has 0 radical (unpaired) electrons. The number of nitrogens with one attached hydrogen (secondary N) is 1. The van der Waals surface area contributed by atoms with Crippen LogP contribution in [0, 0.1) is 5.82 Å². The van der Waals surface area contributed by atoms with Crippen LogP contribution in [0.2, 0.25) is 5.15 Å². The summed E-state index contributed by atoms with van der Waals surface area (Å²) >= 11 is 5.75. The molecule has 0 spiro atoms. The van der Waals surface area contributed by atoms with Crippen molar-refractivity contribution in [2.24, 2.45) is 0 Å². The molecular formula is C10H9ClFN3O2. The van der Waals surface area contributed by atoms with Gasteiger partial charge in [0.1, 0.15) is 5.82 Å². The quantitative estimate of drug-likeness (QED) is 0.875. The van der Waals surface area contributed by atoms with Gasteiger partial charge in [0.05, 0.1) is 24.7 Å². The van der Waals surface area contributed by atoms with Gasteiger partial charge in [-0.3, -0.25) is 10.1 Å². The summed E-state index contributed by atoms with van der Waals surface area (Å²) in [6.45, 7) is -0.305. The monoisotopic (exact) mass is 257 g/mol. The third-order valence-corrected chi connectivity index (χ3v) is 2.35. The van der Waals surface area contributed by atoms with Crippen LogP contribution >= 0.6 is 11.6 Å². The van der Waals surface area contributed by atoms with Crippen LogP contribution in [-0.4, -0.2) is 26.9 Å². The van der Waals surface area contributed by atoms with Crippen molar-refractivity contribution in [1.29, 1.82) is 0 Å². The van der Waals surface area contributed by atoms with Gasteiger partial charge in [-0.05, 0) is 12.1 Å². The molecule has 2 N–H and O–H groups in total. The van der Waals surface area contributed by atoms with Gasteiger partial charge in [-0.15, -0.1) is 0 Å². The van der Waals surface area contributed by atoms with E-state index in [1.54, 1.807) is 0 Å². The standard InChI is InChI=1S/C10H9ClFN3O2/c11-10-8(4-14-15-10)17-9(5-16)7-2-1-6(12)3-13-7/h1-4,9,16H,5H2,(H,14,15)/t9-/m1/s1. The van der Waals surface area contributed by atoms with E-state index in [1.807, 2.05) is 0 Å². The molecule has 0 aliphatic heterocycles. The average molecular weight is 258 g/mol. The molecule has 1 atom stereocenters. The highest BCUT2D eigenvalue weighted by molar-refractivity contribution is 6.30. The van der Waals surface area contributed by atoms with Crippen LogP contribution in [-0.2, 0) is 0 Å². The number of halogens is 2. The molecule has 0 fully saturated rings. The van der Waals surface area contributed by atoms with Crippen LogP contribution in [0.3, 0.4) is 0 Å². The van der Waals surface area contributed by atoms with Crippen molar-refractivity contribution in [2.45, 2.75) is 6.10 Å². The minimum Gasteiger partial charge on any atom is -0.477 e. The highest BCUT2D eigenvalue weighted by Gasteiger charge is 2.16. The second kappa shape index (κ2) is 5.11. The van der Waals surface area contributed by atoms with Crippen LogP contribution in [0.1, 0.15) is 11.8 Å². The summed E-state index contributed by atoms with van der Waals surface area (Å²) in [7, 11) is 0. The van der Waals surface area contributed by atoms with Gasteiger partial charge in [0.25, 0.3) is 0 Å². The van der Waals surface area contributed by atoms with E-state index in [4.69, 9.17) is 16.3 Å². The minimum atomic E-state index is -0.717. The van der Waals surface area contributed by atoms with Crippen LogP contribution in [0.4, 0.5) is 4.39 Å². The number of nitrogens with zero attached hydrogens (tertiary/aromatic N) is 2. The van der Waals surface area contributed by atoms with Crippen molar-refractivity contribution >= 4 is 11.6 Å². The van der Waals surface area contributed by atoms with Gasteiger partial charge >= 0.3 is 0 Å². The number of hydrogen-bond donors (Lipinski definition) is 2. The Bertz CT molecular complexity index is 489. The summed E-state index contributed by atoms with van der Waals surface area (Å²) in [6, 6.07) is 2.68. The van der Waals surface area contributed by atoms with E-state index in [0.717, 1.165) is 6.20 Å². The first-order chi connectivity index (χ1) is 8.20. The number of H-pyrrole nitrogens is 1. The number of aromatic amines is 1. The molecule has 0 unspecified atom stereocenters. The molecule has 7 heteroatoms. The molecule has 17 heavy (non-hydrogen) atoms. The highest BCUT2D eigenvalue weighted by Crippen LogP contribution is 2.25. The molecule has 2 heterocycles. The fourth-order valence-corrected chi connectivity index (χ4v) is 1.41.